The summed E-state index contributed by atoms with van der Waals surface area (Å²) in [7, 11) is 0. The maximum Gasteiger partial charge on any atom is 0.336 e. The molecule has 0 aliphatic heterocycles. The quantitative estimate of drug-likeness (QED) is 0.500. The first-order valence-electron chi connectivity index (χ1n) is 10.1. The van der Waals surface area contributed by atoms with Crippen molar-refractivity contribution < 1.29 is 14.6 Å². The molecule has 6 nitrogen and oxygen atoms in total. The van der Waals surface area contributed by atoms with Crippen molar-refractivity contribution in [2.45, 2.75) is 46.1 Å². The third-order valence-electron chi connectivity index (χ3n) is 4.76. The standard InChI is InChI=1S/C23H27N3O3/c1-3-5-8-15-26-21(24-23(25-26)29-4-2)16-17-11-13-18(14-12-17)19-9-6-7-10-20(19)22(27)28/h6-7,9-14H,3-5,8,15-16H2,1-2H3,(H,27,28). The van der Waals surface area contributed by atoms with Crippen LogP contribution in [0.1, 0.15) is 54.9 Å². The van der Waals surface area contributed by atoms with E-state index in [9.17, 15) is 9.90 Å². The maximum atomic E-state index is 11.5. The summed E-state index contributed by atoms with van der Waals surface area (Å²) in [6.07, 6.45) is 4.01. The molecule has 3 aromatic rings. The summed E-state index contributed by atoms with van der Waals surface area (Å²) in [5.41, 5.74) is 2.99. The monoisotopic (exact) mass is 393 g/mol. The Hall–Kier alpha value is -3.15. The Morgan fingerprint density at radius 3 is 2.52 bits per heavy atom. The van der Waals surface area contributed by atoms with Crippen molar-refractivity contribution in [1.82, 2.24) is 14.8 Å². The van der Waals surface area contributed by atoms with E-state index in [1.54, 1.807) is 12.1 Å². The lowest BCUT2D eigenvalue weighted by Gasteiger charge is -2.08. The van der Waals surface area contributed by atoms with Crippen LogP contribution >= 0.6 is 0 Å². The van der Waals surface area contributed by atoms with Crippen molar-refractivity contribution in [1.29, 1.82) is 0 Å². The summed E-state index contributed by atoms with van der Waals surface area (Å²) in [4.78, 5) is 16.0. The van der Waals surface area contributed by atoms with Gasteiger partial charge in [-0.25, -0.2) is 9.48 Å². The fourth-order valence-electron chi connectivity index (χ4n) is 3.27. The van der Waals surface area contributed by atoms with E-state index in [0.717, 1.165) is 42.8 Å². The SMILES string of the molecule is CCCCCn1nc(OCC)nc1Cc1ccc(-c2ccccc2C(=O)O)cc1. The summed E-state index contributed by atoms with van der Waals surface area (Å²) in [5.74, 6) is -0.0449. The first kappa shape index (κ1) is 20.6. The number of carbonyl (C=O) groups is 1. The fourth-order valence-corrected chi connectivity index (χ4v) is 3.27. The molecule has 1 heterocycles. The zero-order valence-corrected chi connectivity index (χ0v) is 17.0. The first-order chi connectivity index (χ1) is 14.1. The molecule has 152 valence electrons. The largest absolute Gasteiger partial charge is 0.478 e. The number of nitrogens with zero attached hydrogens (tertiary/aromatic N) is 3. The molecule has 0 saturated carbocycles. The van der Waals surface area contributed by atoms with Gasteiger partial charge in [0.1, 0.15) is 5.82 Å². The smallest absolute Gasteiger partial charge is 0.336 e. The van der Waals surface area contributed by atoms with Gasteiger partial charge in [0.2, 0.25) is 0 Å². The summed E-state index contributed by atoms with van der Waals surface area (Å²) in [6.45, 7) is 5.46. The van der Waals surface area contributed by atoms with E-state index in [0.29, 0.717) is 30.2 Å². The molecule has 0 atom stereocenters. The number of rotatable bonds is 10. The van der Waals surface area contributed by atoms with Gasteiger partial charge in [-0.15, -0.1) is 5.10 Å². The van der Waals surface area contributed by atoms with E-state index in [1.807, 2.05) is 48.0 Å². The minimum Gasteiger partial charge on any atom is -0.478 e. The second-order valence-electron chi connectivity index (χ2n) is 6.90. The molecule has 0 saturated heterocycles. The van der Waals surface area contributed by atoms with Gasteiger partial charge in [-0.05, 0) is 36.1 Å². The molecule has 2 aromatic carbocycles. The lowest BCUT2D eigenvalue weighted by Crippen LogP contribution is -2.07. The minimum absolute atomic E-state index is 0.303. The van der Waals surface area contributed by atoms with Crippen LogP contribution in [-0.4, -0.2) is 32.4 Å². The van der Waals surface area contributed by atoms with Crippen LogP contribution in [0.15, 0.2) is 48.5 Å². The third kappa shape index (κ3) is 5.22. The predicted octanol–water partition coefficient (Wildman–Crippen LogP) is 4.82. The Kier molecular flexibility index (Phi) is 7.00. The first-order valence-corrected chi connectivity index (χ1v) is 10.1. The van der Waals surface area contributed by atoms with Crippen LogP contribution in [0.2, 0.25) is 0 Å². The number of ether oxygens (including phenoxy) is 1. The van der Waals surface area contributed by atoms with Crippen LogP contribution in [0.4, 0.5) is 0 Å². The van der Waals surface area contributed by atoms with Crippen LogP contribution < -0.4 is 4.74 Å². The number of aromatic nitrogens is 3. The summed E-state index contributed by atoms with van der Waals surface area (Å²) in [6, 6.07) is 15.4. The van der Waals surface area contributed by atoms with Crippen LogP contribution in [0.3, 0.4) is 0 Å². The zero-order chi connectivity index (χ0) is 20.6. The van der Waals surface area contributed by atoms with Gasteiger partial charge in [0.05, 0.1) is 12.2 Å². The lowest BCUT2D eigenvalue weighted by molar-refractivity contribution is 0.0697. The fraction of sp³-hybridized carbons (Fsp3) is 0.348. The van der Waals surface area contributed by atoms with Crippen molar-refractivity contribution in [2.75, 3.05) is 6.61 Å². The zero-order valence-electron chi connectivity index (χ0n) is 17.0. The molecule has 0 spiro atoms. The molecule has 1 N–H and O–H groups in total. The van der Waals surface area contributed by atoms with Gasteiger partial charge in [-0.1, -0.05) is 62.2 Å². The number of carboxylic acid groups (broad SMARTS) is 1. The van der Waals surface area contributed by atoms with E-state index in [1.165, 1.54) is 0 Å². The molecule has 0 radical (unpaired) electrons. The molecule has 0 aliphatic carbocycles. The van der Waals surface area contributed by atoms with E-state index >= 15 is 0 Å². The molecular formula is C23H27N3O3. The van der Waals surface area contributed by atoms with Gasteiger partial charge < -0.3 is 9.84 Å². The van der Waals surface area contributed by atoms with Gasteiger partial charge in [-0.3, -0.25) is 0 Å². The molecular weight excluding hydrogens is 366 g/mol. The number of hydrogen-bond donors (Lipinski definition) is 1. The van der Waals surface area contributed by atoms with Crippen molar-refractivity contribution in [3.05, 3.63) is 65.5 Å². The summed E-state index contributed by atoms with van der Waals surface area (Å²) >= 11 is 0. The Bertz CT molecular complexity index is 948. The average molecular weight is 393 g/mol. The highest BCUT2D eigenvalue weighted by Crippen LogP contribution is 2.25. The van der Waals surface area contributed by atoms with Gasteiger partial charge in [0.15, 0.2) is 0 Å². The van der Waals surface area contributed by atoms with E-state index in [4.69, 9.17) is 4.74 Å². The topological polar surface area (TPSA) is 77.2 Å². The molecule has 29 heavy (non-hydrogen) atoms. The number of aryl methyl sites for hydroxylation is 1. The van der Waals surface area contributed by atoms with Crippen LogP contribution in [0.5, 0.6) is 6.01 Å². The normalized spacial score (nSPS) is 10.8. The van der Waals surface area contributed by atoms with Gasteiger partial charge in [0.25, 0.3) is 0 Å². The van der Waals surface area contributed by atoms with Crippen molar-refractivity contribution in [2.24, 2.45) is 0 Å². The van der Waals surface area contributed by atoms with Crippen LogP contribution in [-0.2, 0) is 13.0 Å². The number of hydrogen-bond acceptors (Lipinski definition) is 4. The molecule has 0 aliphatic rings. The van der Waals surface area contributed by atoms with Crippen molar-refractivity contribution in [3.8, 4) is 17.1 Å². The second-order valence-corrected chi connectivity index (χ2v) is 6.90. The Balaban J connectivity index is 1.80. The number of unbranched alkanes of at least 4 members (excludes halogenated alkanes) is 2. The van der Waals surface area contributed by atoms with Gasteiger partial charge >= 0.3 is 12.0 Å². The van der Waals surface area contributed by atoms with Crippen LogP contribution in [0, 0.1) is 0 Å². The minimum atomic E-state index is -0.923. The highest BCUT2D eigenvalue weighted by Gasteiger charge is 2.13. The Morgan fingerprint density at radius 1 is 1.07 bits per heavy atom. The van der Waals surface area contributed by atoms with Gasteiger partial charge in [0, 0.05) is 13.0 Å². The summed E-state index contributed by atoms with van der Waals surface area (Å²) < 4.78 is 7.42. The van der Waals surface area contributed by atoms with Gasteiger partial charge in [-0.2, -0.15) is 4.98 Å². The highest BCUT2D eigenvalue weighted by atomic mass is 16.5. The second kappa shape index (κ2) is 9.87. The average Bonchev–Trinajstić information content (AvgIpc) is 3.10. The lowest BCUT2D eigenvalue weighted by atomic mass is 9.98. The van der Waals surface area contributed by atoms with E-state index < -0.39 is 5.97 Å². The molecule has 0 fully saturated rings. The van der Waals surface area contributed by atoms with Crippen molar-refractivity contribution in [3.63, 3.8) is 0 Å². The van der Waals surface area contributed by atoms with Crippen molar-refractivity contribution >= 4 is 5.97 Å². The summed E-state index contributed by atoms with van der Waals surface area (Å²) in [5, 5.41) is 13.9. The molecule has 3 rings (SSSR count). The molecule has 0 amide bonds. The van der Waals surface area contributed by atoms with E-state index in [2.05, 4.69) is 17.0 Å². The third-order valence-corrected chi connectivity index (χ3v) is 4.76. The molecule has 1 aromatic heterocycles. The van der Waals surface area contributed by atoms with Crippen LogP contribution in [0.25, 0.3) is 11.1 Å². The number of carboxylic acids is 1. The maximum absolute atomic E-state index is 11.5. The Morgan fingerprint density at radius 2 is 1.83 bits per heavy atom. The number of benzene rings is 2. The highest BCUT2D eigenvalue weighted by molar-refractivity contribution is 5.95. The molecule has 0 unspecified atom stereocenters. The predicted molar refractivity (Wildman–Crippen MR) is 112 cm³/mol. The number of aromatic carboxylic acids is 1. The molecule has 0 bridgehead atoms. The molecule has 6 heteroatoms. The Labute approximate surface area is 171 Å². The van der Waals surface area contributed by atoms with E-state index in [-0.39, 0.29) is 0 Å².